The molecule has 162 valence electrons. The number of rotatable bonds is 5. The molecule has 10 heteroatoms. The van der Waals surface area contributed by atoms with Gasteiger partial charge in [0.25, 0.3) is 15.9 Å². The molecule has 0 saturated heterocycles. The molecule has 1 amide bonds. The number of hydrogen-bond donors (Lipinski definition) is 2. The summed E-state index contributed by atoms with van der Waals surface area (Å²) in [6.07, 6.45) is -4.60. The number of carbonyl (C=O) groups excluding carboxylic acids is 1. The number of nitrogens with one attached hydrogen (secondary N) is 2. The lowest BCUT2D eigenvalue weighted by Gasteiger charge is -2.14. The number of anilines is 2. The van der Waals surface area contributed by atoms with Crippen molar-refractivity contribution in [1.82, 2.24) is 0 Å². The van der Waals surface area contributed by atoms with Crippen molar-refractivity contribution >= 4 is 38.9 Å². The minimum Gasteiger partial charge on any atom is -0.322 e. The molecular formula is C21H16ClF3N2O3S. The first-order chi connectivity index (χ1) is 14.5. The molecule has 3 aromatic rings. The van der Waals surface area contributed by atoms with Crippen molar-refractivity contribution < 1.29 is 26.4 Å². The van der Waals surface area contributed by atoms with E-state index in [9.17, 15) is 26.4 Å². The lowest BCUT2D eigenvalue weighted by molar-refractivity contribution is -0.137. The predicted octanol–water partition coefficient (Wildman–Crippen LogP) is 5.72. The molecule has 0 spiro atoms. The van der Waals surface area contributed by atoms with Crippen molar-refractivity contribution in [3.05, 3.63) is 88.4 Å². The third-order valence-corrected chi connectivity index (χ3v) is 6.15. The molecule has 0 atom stereocenters. The summed E-state index contributed by atoms with van der Waals surface area (Å²) in [4.78, 5) is 12.2. The Bertz CT molecular complexity index is 1240. The van der Waals surface area contributed by atoms with Crippen LogP contribution < -0.4 is 10.0 Å². The van der Waals surface area contributed by atoms with Gasteiger partial charge in [0.05, 0.1) is 21.0 Å². The van der Waals surface area contributed by atoms with Gasteiger partial charge in [0.2, 0.25) is 0 Å². The van der Waals surface area contributed by atoms with Gasteiger partial charge in [0.1, 0.15) is 0 Å². The number of aryl methyl sites for hydroxylation is 1. The molecule has 0 radical (unpaired) electrons. The molecule has 0 bridgehead atoms. The zero-order valence-corrected chi connectivity index (χ0v) is 17.6. The molecule has 0 fully saturated rings. The van der Waals surface area contributed by atoms with Crippen molar-refractivity contribution in [2.24, 2.45) is 0 Å². The number of alkyl halides is 3. The van der Waals surface area contributed by atoms with Crippen LogP contribution in [0, 0.1) is 6.92 Å². The average Bonchev–Trinajstić information content (AvgIpc) is 2.67. The van der Waals surface area contributed by atoms with Gasteiger partial charge >= 0.3 is 6.18 Å². The molecule has 0 heterocycles. The van der Waals surface area contributed by atoms with E-state index < -0.39 is 27.7 Å². The van der Waals surface area contributed by atoms with Crippen LogP contribution in [0.4, 0.5) is 24.5 Å². The molecule has 5 nitrogen and oxygen atoms in total. The summed E-state index contributed by atoms with van der Waals surface area (Å²) in [7, 11) is -4.16. The Kier molecular flexibility index (Phi) is 6.28. The van der Waals surface area contributed by atoms with Crippen molar-refractivity contribution in [3.63, 3.8) is 0 Å². The number of halogens is 4. The van der Waals surface area contributed by atoms with Crippen LogP contribution in [0.3, 0.4) is 0 Å². The Morgan fingerprint density at radius 1 is 0.935 bits per heavy atom. The second-order valence-electron chi connectivity index (χ2n) is 6.60. The molecule has 2 N–H and O–H groups in total. The van der Waals surface area contributed by atoms with Gasteiger partial charge in [0.15, 0.2) is 0 Å². The molecule has 3 rings (SSSR count). The van der Waals surface area contributed by atoms with Crippen molar-refractivity contribution in [2.75, 3.05) is 10.0 Å². The Morgan fingerprint density at radius 3 is 2.29 bits per heavy atom. The predicted molar refractivity (Wildman–Crippen MR) is 113 cm³/mol. The number of benzene rings is 3. The summed E-state index contributed by atoms with van der Waals surface area (Å²) >= 11 is 6.00. The molecule has 3 aromatic carbocycles. The molecule has 0 aliphatic heterocycles. The quantitative estimate of drug-likeness (QED) is 0.503. The van der Waals surface area contributed by atoms with E-state index in [0.29, 0.717) is 11.8 Å². The minimum atomic E-state index is -4.60. The number of sulfonamides is 1. The SMILES string of the molecule is Cc1cc(NC(=O)c2ccccc2Cl)ccc1S(=O)(=O)Nc1cccc(C(F)(F)F)c1. The minimum absolute atomic E-state index is 0.138. The van der Waals surface area contributed by atoms with Gasteiger partial charge in [-0.3, -0.25) is 9.52 Å². The molecule has 0 unspecified atom stereocenters. The third-order valence-electron chi connectivity index (χ3n) is 4.28. The number of amides is 1. The lowest BCUT2D eigenvalue weighted by atomic mass is 10.2. The maximum Gasteiger partial charge on any atom is 0.416 e. The summed E-state index contributed by atoms with van der Waals surface area (Å²) in [6.45, 7) is 1.51. The fourth-order valence-corrected chi connectivity index (χ4v) is 4.34. The standard InChI is InChI=1S/C21H16ClF3N2O3S/c1-13-11-15(26-20(28)17-7-2-3-8-18(17)22)9-10-19(13)31(29,30)27-16-6-4-5-14(12-16)21(23,24)25/h2-12,27H,1H3,(H,26,28). The zero-order chi connectivity index (χ0) is 22.8. The topological polar surface area (TPSA) is 75.3 Å². The van der Waals surface area contributed by atoms with Crippen LogP contribution >= 0.6 is 11.6 Å². The van der Waals surface area contributed by atoms with Gasteiger partial charge in [-0.05, 0) is 61.0 Å². The Labute approximate surface area is 181 Å². The highest BCUT2D eigenvalue weighted by atomic mass is 35.5. The van der Waals surface area contributed by atoms with E-state index in [1.165, 1.54) is 31.2 Å². The second kappa shape index (κ2) is 8.60. The number of carbonyl (C=O) groups is 1. The molecule has 0 saturated carbocycles. The highest BCUT2D eigenvalue weighted by molar-refractivity contribution is 7.92. The van der Waals surface area contributed by atoms with Crippen LogP contribution in [0.15, 0.2) is 71.6 Å². The lowest BCUT2D eigenvalue weighted by Crippen LogP contribution is -2.16. The van der Waals surface area contributed by atoms with Crippen LogP contribution in [0.25, 0.3) is 0 Å². The third kappa shape index (κ3) is 5.36. The first kappa shape index (κ1) is 22.6. The van der Waals surface area contributed by atoms with E-state index in [4.69, 9.17) is 11.6 Å². The van der Waals surface area contributed by atoms with Crippen LogP contribution in [-0.2, 0) is 16.2 Å². The summed E-state index contributed by atoms with van der Waals surface area (Å²) in [5.41, 5.74) is -0.311. The smallest absolute Gasteiger partial charge is 0.322 e. The van der Waals surface area contributed by atoms with Gasteiger partial charge < -0.3 is 5.32 Å². The zero-order valence-electron chi connectivity index (χ0n) is 16.0. The largest absolute Gasteiger partial charge is 0.416 e. The van der Waals surface area contributed by atoms with E-state index in [2.05, 4.69) is 10.0 Å². The molecule has 31 heavy (non-hydrogen) atoms. The summed E-state index contributed by atoms with van der Waals surface area (Å²) in [6, 6.07) is 14.4. The molecule has 0 aromatic heterocycles. The fourth-order valence-electron chi connectivity index (χ4n) is 2.84. The average molecular weight is 469 g/mol. The Morgan fingerprint density at radius 2 is 1.65 bits per heavy atom. The van der Waals surface area contributed by atoms with Crippen LogP contribution in [-0.4, -0.2) is 14.3 Å². The van der Waals surface area contributed by atoms with E-state index in [1.54, 1.807) is 24.3 Å². The van der Waals surface area contributed by atoms with Crippen LogP contribution in [0.2, 0.25) is 5.02 Å². The van der Waals surface area contributed by atoms with Crippen molar-refractivity contribution in [2.45, 2.75) is 18.0 Å². The van der Waals surface area contributed by atoms with Gasteiger partial charge in [-0.1, -0.05) is 29.8 Å². The molecule has 0 aliphatic rings. The van der Waals surface area contributed by atoms with Crippen molar-refractivity contribution in [1.29, 1.82) is 0 Å². The van der Waals surface area contributed by atoms with E-state index in [1.807, 2.05) is 0 Å². The van der Waals surface area contributed by atoms with Gasteiger partial charge in [-0.2, -0.15) is 13.2 Å². The number of hydrogen-bond acceptors (Lipinski definition) is 3. The second-order valence-corrected chi connectivity index (χ2v) is 8.66. The summed E-state index contributed by atoms with van der Waals surface area (Å²) < 4.78 is 66.1. The molecular weight excluding hydrogens is 453 g/mol. The van der Waals surface area contributed by atoms with E-state index >= 15 is 0 Å². The fraction of sp³-hybridized carbons (Fsp3) is 0.0952. The van der Waals surface area contributed by atoms with Crippen molar-refractivity contribution in [3.8, 4) is 0 Å². The maximum absolute atomic E-state index is 12.9. The first-order valence-electron chi connectivity index (χ1n) is 8.84. The normalized spacial score (nSPS) is 11.8. The van der Waals surface area contributed by atoms with E-state index in [0.717, 1.165) is 12.1 Å². The Balaban J connectivity index is 1.82. The van der Waals surface area contributed by atoms with E-state index in [-0.39, 0.29) is 26.7 Å². The van der Waals surface area contributed by atoms with Gasteiger partial charge in [-0.15, -0.1) is 0 Å². The molecule has 0 aliphatic carbocycles. The summed E-state index contributed by atoms with van der Waals surface area (Å²) in [5.74, 6) is -0.470. The summed E-state index contributed by atoms with van der Waals surface area (Å²) in [5, 5.41) is 2.89. The van der Waals surface area contributed by atoms with Crippen LogP contribution in [0.5, 0.6) is 0 Å². The highest BCUT2D eigenvalue weighted by Crippen LogP contribution is 2.31. The Hall–Kier alpha value is -3.04. The highest BCUT2D eigenvalue weighted by Gasteiger charge is 2.30. The van der Waals surface area contributed by atoms with Gasteiger partial charge in [0, 0.05) is 11.4 Å². The monoisotopic (exact) mass is 468 g/mol. The first-order valence-corrected chi connectivity index (χ1v) is 10.7. The van der Waals surface area contributed by atoms with Crippen LogP contribution in [0.1, 0.15) is 21.5 Å². The van der Waals surface area contributed by atoms with Gasteiger partial charge in [-0.25, -0.2) is 8.42 Å². The maximum atomic E-state index is 12.9.